The summed E-state index contributed by atoms with van der Waals surface area (Å²) in [6.45, 7) is 0.808. The Morgan fingerprint density at radius 1 is 1.36 bits per heavy atom. The minimum absolute atomic E-state index is 0.300. The van der Waals surface area contributed by atoms with Crippen LogP contribution in [0.5, 0.6) is 0 Å². The Kier molecular flexibility index (Phi) is 5.43. The van der Waals surface area contributed by atoms with Crippen molar-refractivity contribution in [3.05, 3.63) is 58.5 Å². The van der Waals surface area contributed by atoms with Crippen LogP contribution in [0, 0.1) is 5.82 Å². The van der Waals surface area contributed by atoms with Crippen LogP contribution in [0.15, 0.2) is 33.9 Å². The molecule has 7 nitrogen and oxygen atoms in total. The Hall–Kier alpha value is -2.68. The van der Waals surface area contributed by atoms with E-state index in [-0.39, 0.29) is 11.8 Å². The lowest BCUT2D eigenvalue weighted by molar-refractivity contribution is 0.0598. The van der Waals surface area contributed by atoms with Gasteiger partial charge in [0.25, 0.3) is 5.22 Å². The quantitative estimate of drug-likeness (QED) is 0.461. The number of benzene rings is 1. The minimum atomic E-state index is -0.365. The molecule has 0 saturated carbocycles. The summed E-state index contributed by atoms with van der Waals surface area (Å²) >= 11 is 1.32. The topological polar surface area (TPSA) is 83.0 Å². The van der Waals surface area contributed by atoms with E-state index in [0.29, 0.717) is 34.5 Å². The number of aryl methyl sites for hydroxylation is 1. The summed E-state index contributed by atoms with van der Waals surface area (Å²) in [5.74, 6) is 0.165. The lowest BCUT2D eigenvalue weighted by atomic mass is 10.1. The molecule has 4 rings (SSSR count). The van der Waals surface area contributed by atoms with E-state index in [1.54, 1.807) is 12.1 Å². The molecule has 0 fully saturated rings. The normalized spacial score (nSPS) is 13.4. The average Bonchev–Trinajstić information content (AvgIpc) is 3.29. The molecule has 0 spiro atoms. The molecule has 0 unspecified atom stereocenters. The van der Waals surface area contributed by atoms with Gasteiger partial charge in [-0.3, -0.25) is 4.68 Å². The minimum Gasteiger partial charge on any atom is -0.465 e. The van der Waals surface area contributed by atoms with E-state index in [2.05, 4.69) is 15.3 Å². The number of carbonyl (C=O) groups is 1. The van der Waals surface area contributed by atoms with Gasteiger partial charge in [-0.1, -0.05) is 23.9 Å². The van der Waals surface area contributed by atoms with E-state index in [4.69, 9.17) is 9.15 Å². The highest BCUT2D eigenvalue weighted by atomic mass is 32.2. The van der Waals surface area contributed by atoms with Crippen LogP contribution in [0.1, 0.15) is 46.0 Å². The van der Waals surface area contributed by atoms with Crippen molar-refractivity contribution in [1.29, 1.82) is 0 Å². The molecule has 2 aromatic heterocycles. The van der Waals surface area contributed by atoms with Gasteiger partial charge < -0.3 is 9.15 Å². The molecule has 1 aliphatic rings. The molecule has 0 amide bonds. The van der Waals surface area contributed by atoms with Gasteiger partial charge in [-0.05, 0) is 37.0 Å². The Labute approximate surface area is 165 Å². The van der Waals surface area contributed by atoms with Gasteiger partial charge in [0.2, 0.25) is 5.89 Å². The maximum absolute atomic E-state index is 13.3. The number of methoxy groups -OCH3 is 1. The first-order valence-corrected chi connectivity index (χ1v) is 9.99. The number of carbonyl (C=O) groups excluding carboxylic acids is 1. The molecule has 0 bridgehead atoms. The molecule has 146 valence electrons. The van der Waals surface area contributed by atoms with Crippen LogP contribution >= 0.6 is 11.8 Å². The summed E-state index contributed by atoms with van der Waals surface area (Å²) in [5, 5.41) is 13.0. The predicted octanol–water partition coefficient (Wildman–Crippen LogP) is 3.41. The molecule has 9 heteroatoms. The number of nitrogens with zero attached hydrogens (tertiary/aromatic N) is 4. The van der Waals surface area contributed by atoms with Gasteiger partial charge in [0.1, 0.15) is 11.4 Å². The highest BCUT2D eigenvalue weighted by Gasteiger charge is 2.26. The molecule has 0 N–H and O–H groups in total. The van der Waals surface area contributed by atoms with Gasteiger partial charge in [0.05, 0.1) is 24.9 Å². The van der Waals surface area contributed by atoms with E-state index < -0.39 is 0 Å². The van der Waals surface area contributed by atoms with Gasteiger partial charge >= 0.3 is 5.97 Å². The second-order valence-electron chi connectivity index (χ2n) is 6.50. The zero-order valence-corrected chi connectivity index (χ0v) is 16.2. The smallest absolute Gasteiger partial charge is 0.341 e. The largest absolute Gasteiger partial charge is 0.465 e. The summed E-state index contributed by atoms with van der Waals surface area (Å²) in [6.07, 6.45) is 3.27. The fraction of sp³-hybridized carbons (Fsp3) is 0.368. The van der Waals surface area contributed by atoms with Crippen molar-refractivity contribution in [1.82, 2.24) is 20.0 Å². The molecule has 0 aliphatic carbocycles. The molecule has 3 heterocycles. The van der Waals surface area contributed by atoms with Gasteiger partial charge in [0.15, 0.2) is 0 Å². The van der Waals surface area contributed by atoms with Gasteiger partial charge in [-0.25, -0.2) is 9.18 Å². The van der Waals surface area contributed by atoms with E-state index in [1.807, 2.05) is 4.68 Å². The lowest BCUT2D eigenvalue weighted by Gasteiger charge is -2.13. The van der Waals surface area contributed by atoms with Crippen LogP contribution in [0.2, 0.25) is 0 Å². The van der Waals surface area contributed by atoms with Crippen LogP contribution in [0.3, 0.4) is 0 Å². The van der Waals surface area contributed by atoms with Crippen LogP contribution in [0.4, 0.5) is 4.39 Å². The van der Waals surface area contributed by atoms with Crippen LogP contribution in [-0.4, -0.2) is 33.1 Å². The highest BCUT2D eigenvalue weighted by molar-refractivity contribution is 7.98. The molecular formula is C19H19FN4O3S. The highest BCUT2D eigenvalue weighted by Crippen LogP contribution is 2.28. The zero-order chi connectivity index (χ0) is 19.5. The molecule has 3 aromatic rings. The standard InChI is InChI=1S/C19H19FN4O3S/c1-26-18(25)17-14(23-24-8-3-2-7-15(17)24)11-28-19-22-21-16(27-19)10-12-5-4-6-13(20)9-12/h4-6,9H,2-3,7-8,10-11H2,1H3. The molecule has 0 radical (unpaired) electrons. The van der Waals surface area contributed by atoms with Crippen molar-refractivity contribution in [2.24, 2.45) is 0 Å². The molecule has 1 aliphatic heterocycles. The second-order valence-corrected chi connectivity index (χ2v) is 7.42. The maximum Gasteiger partial charge on any atom is 0.341 e. The summed E-state index contributed by atoms with van der Waals surface area (Å²) in [6, 6.07) is 6.28. The number of fused-ring (bicyclic) bond motifs is 1. The number of thioether (sulfide) groups is 1. The van der Waals surface area contributed by atoms with Crippen molar-refractivity contribution < 1.29 is 18.3 Å². The fourth-order valence-corrected chi connectivity index (χ4v) is 4.02. The molecule has 28 heavy (non-hydrogen) atoms. The Balaban J connectivity index is 1.47. The van der Waals surface area contributed by atoms with E-state index in [1.165, 1.54) is 31.0 Å². The van der Waals surface area contributed by atoms with Crippen LogP contribution in [0.25, 0.3) is 0 Å². The monoisotopic (exact) mass is 402 g/mol. The molecule has 0 atom stereocenters. The van der Waals surface area contributed by atoms with Gasteiger partial charge in [0, 0.05) is 12.3 Å². The average molecular weight is 402 g/mol. The third kappa shape index (κ3) is 3.94. The van der Waals surface area contributed by atoms with Crippen molar-refractivity contribution >= 4 is 17.7 Å². The summed E-state index contributed by atoms with van der Waals surface area (Å²) in [4.78, 5) is 12.2. The first-order valence-electron chi connectivity index (χ1n) is 9.00. The second kappa shape index (κ2) is 8.14. The van der Waals surface area contributed by atoms with Crippen molar-refractivity contribution in [3.8, 4) is 0 Å². The maximum atomic E-state index is 13.3. The Bertz CT molecular complexity index is 1000. The predicted molar refractivity (Wildman–Crippen MR) is 99.6 cm³/mol. The first-order chi connectivity index (χ1) is 13.6. The summed E-state index contributed by atoms with van der Waals surface area (Å²) in [7, 11) is 1.38. The van der Waals surface area contributed by atoms with Crippen molar-refractivity contribution in [2.75, 3.05) is 7.11 Å². The number of rotatable bonds is 6. The van der Waals surface area contributed by atoms with Gasteiger partial charge in [-0.2, -0.15) is 5.10 Å². The third-order valence-corrected chi connectivity index (χ3v) is 5.41. The molecular weight excluding hydrogens is 383 g/mol. The lowest BCUT2D eigenvalue weighted by Crippen LogP contribution is -2.14. The SMILES string of the molecule is COC(=O)c1c(CSc2nnc(Cc3cccc(F)c3)o2)nn2c1CCCC2. The third-order valence-electron chi connectivity index (χ3n) is 4.58. The van der Waals surface area contributed by atoms with E-state index in [0.717, 1.165) is 37.1 Å². The Morgan fingerprint density at radius 2 is 2.25 bits per heavy atom. The number of esters is 1. The number of halogens is 1. The number of aromatic nitrogens is 4. The van der Waals surface area contributed by atoms with Crippen LogP contribution in [-0.2, 0) is 29.9 Å². The van der Waals surface area contributed by atoms with E-state index >= 15 is 0 Å². The van der Waals surface area contributed by atoms with Gasteiger partial charge in [-0.15, -0.1) is 10.2 Å². The summed E-state index contributed by atoms with van der Waals surface area (Å²) in [5.41, 5.74) is 2.91. The summed E-state index contributed by atoms with van der Waals surface area (Å²) < 4.78 is 25.8. The zero-order valence-electron chi connectivity index (χ0n) is 15.4. The first kappa shape index (κ1) is 18.7. The van der Waals surface area contributed by atoms with Crippen molar-refractivity contribution in [2.45, 2.75) is 43.2 Å². The number of hydrogen-bond acceptors (Lipinski definition) is 7. The molecule has 0 saturated heterocycles. The van der Waals surface area contributed by atoms with Crippen molar-refractivity contribution in [3.63, 3.8) is 0 Å². The van der Waals surface area contributed by atoms with Crippen LogP contribution < -0.4 is 0 Å². The number of ether oxygens (including phenoxy) is 1. The number of hydrogen-bond donors (Lipinski definition) is 0. The fourth-order valence-electron chi connectivity index (χ4n) is 3.30. The molecule has 1 aromatic carbocycles. The Morgan fingerprint density at radius 3 is 3.07 bits per heavy atom. The van der Waals surface area contributed by atoms with E-state index in [9.17, 15) is 9.18 Å².